The lowest BCUT2D eigenvalue weighted by molar-refractivity contribution is 0.0161. The van der Waals surface area contributed by atoms with Crippen molar-refractivity contribution in [3.8, 4) is 16.9 Å². The number of fused-ring (bicyclic) bond motifs is 1. The van der Waals surface area contributed by atoms with Crippen LogP contribution in [0.25, 0.3) is 11.1 Å². The summed E-state index contributed by atoms with van der Waals surface area (Å²) in [6.45, 7) is 0.598. The van der Waals surface area contributed by atoms with Gasteiger partial charge in [0.15, 0.2) is 0 Å². The normalized spacial score (nSPS) is 20.5. The van der Waals surface area contributed by atoms with E-state index in [0.29, 0.717) is 28.0 Å². The van der Waals surface area contributed by atoms with E-state index >= 15 is 0 Å². The second-order valence-corrected chi connectivity index (χ2v) is 9.70. The number of hydrogen-bond acceptors (Lipinski definition) is 6. The Morgan fingerprint density at radius 3 is 2.65 bits per heavy atom. The van der Waals surface area contributed by atoms with E-state index in [1.165, 1.54) is 19.2 Å². The maximum Gasteiger partial charge on any atom is 0.263 e. The van der Waals surface area contributed by atoms with Crippen LogP contribution in [0.1, 0.15) is 23.1 Å². The quantitative estimate of drug-likeness (QED) is 0.726. The first kappa shape index (κ1) is 21.7. The summed E-state index contributed by atoms with van der Waals surface area (Å²) in [4.78, 5) is 4.13. The van der Waals surface area contributed by atoms with Crippen LogP contribution in [0.2, 0.25) is 0 Å². The summed E-state index contributed by atoms with van der Waals surface area (Å²) < 4.78 is 60.0. The van der Waals surface area contributed by atoms with Crippen LogP contribution in [0.5, 0.6) is 5.75 Å². The van der Waals surface area contributed by atoms with Gasteiger partial charge in [-0.2, -0.15) is 4.31 Å². The number of amidine groups is 1. The zero-order valence-electron chi connectivity index (χ0n) is 17.1. The predicted molar refractivity (Wildman–Crippen MR) is 112 cm³/mol. The molecule has 2 heterocycles. The average Bonchev–Trinajstić information content (AvgIpc) is 3.26. The van der Waals surface area contributed by atoms with Crippen molar-refractivity contribution in [2.24, 2.45) is 10.7 Å². The zero-order valence-corrected chi connectivity index (χ0v) is 17.9. The maximum absolute atomic E-state index is 13.8. The summed E-state index contributed by atoms with van der Waals surface area (Å²) in [5, 5.41) is 9.41. The lowest BCUT2D eigenvalue weighted by atomic mass is 9.95. The largest absolute Gasteiger partial charge is 0.495 e. The van der Waals surface area contributed by atoms with Crippen molar-refractivity contribution in [2.45, 2.75) is 36.7 Å². The Kier molecular flexibility index (Phi) is 5.27. The first-order valence-electron chi connectivity index (χ1n) is 9.71. The molecule has 0 unspecified atom stereocenters. The lowest BCUT2D eigenvalue weighted by Gasteiger charge is -2.22. The Bertz CT molecular complexity index is 1180. The number of aliphatic hydroxyl groups is 1. The number of sulfonamides is 1. The van der Waals surface area contributed by atoms with Gasteiger partial charge in [0.25, 0.3) is 5.92 Å². The van der Waals surface area contributed by atoms with Crippen molar-refractivity contribution in [3.05, 3.63) is 47.0 Å². The van der Waals surface area contributed by atoms with Crippen molar-refractivity contribution >= 4 is 15.9 Å². The van der Waals surface area contributed by atoms with Crippen LogP contribution in [0, 0.1) is 6.92 Å². The molecular weight excluding hydrogens is 428 g/mol. The van der Waals surface area contributed by atoms with Crippen LogP contribution < -0.4 is 10.5 Å². The van der Waals surface area contributed by atoms with Gasteiger partial charge in [-0.3, -0.25) is 4.99 Å². The van der Waals surface area contributed by atoms with Crippen LogP contribution in [-0.4, -0.2) is 55.9 Å². The molecule has 166 valence electrons. The smallest absolute Gasteiger partial charge is 0.263 e. The minimum absolute atomic E-state index is 0.105. The fourth-order valence-corrected chi connectivity index (χ4v) is 5.98. The summed E-state index contributed by atoms with van der Waals surface area (Å²) in [6, 6.07) is 7.06. The minimum atomic E-state index is -4.20. The standard InChI is InChI=1S/C21H23F2N3O4S/c1-12-7-15(31(28,29)26-11-21(22,23)8-14(26)10-27)4-6-16(12)17-5-3-13-9-25-20(24)18(13)19(17)30-2/h3-7,14,27H,8-11H2,1-2H3,(H2,24,25)/t14-/m0/s1. The molecule has 2 aliphatic heterocycles. The number of hydrogen-bond donors (Lipinski definition) is 2. The van der Waals surface area contributed by atoms with Gasteiger partial charge in [0.1, 0.15) is 11.6 Å². The van der Waals surface area contributed by atoms with Crippen molar-refractivity contribution in [3.63, 3.8) is 0 Å². The molecule has 0 bridgehead atoms. The van der Waals surface area contributed by atoms with Gasteiger partial charge in [-0.05, 0) is 35.7 Å². The van der Waals surface area contributed by atoms with Crippen LogP contribution in [0.15, 0.2) is 40.2 Å². The van der Waals surface area contributed by atoms with Gasteiger partial charge < -0.3 is 15.6 Å². The monoisotopic (exact) mass is 451 g/mol. The molecule has 0 saturated carbocycles. The van der Waals surface area contributed by atoms with Crippen molar-refractivity contribution < 1.29 is 27.0 Å². The fourth-order valence-electron chi connectivity index (χ4n) is 4.25. The molecule has 0 aliphatic carbocycles. The first-order chi connectivity index (χ1) is 14.6. The van der Waals surface area contributed by atoms with Gasteiger partial charge in [0, 0.05) is 12.0 Å². The van der Waals surface area contributed by atoms with Gasteiger partial charge in [-0.25, -0.2) is 17.2 Å². The summed E-state index contributed by atoms with van der Waals surface area (Å²) in [6.07, 6.45) is -0.699. The second kappa shape index (κ2) is 7.54. The number of halogens is 2. The van der Waals surface area contributed by atoms with E-state index < -0.39 is 41.6 Å². The highest BCUT2D eigenvalue weighted by atomic mass is 32.2. The molecule has 0 aromatic heterocycles. The predicted octanol–water partition coefficient (Wildman–Crippen LogP) is 2.28. The highest BCUT2D eigenvalue weighted by Crippen LogP contribution is 2.40. The molecule has 7 nitrogen and oxygen atoms in total. The summed E-state index contributed by atoms with van der Waals surface area (Å²) >= 11 is 0. The van der Waals surface area contributed by atoms with Crippen LogP contribution in [0.3, 0.4) is 0 Å². The third-order valence-corrected chi connectivity index (χ3v) is 7.65. The molecule has 31 heavy (non-hydrogen) atoms. The van der Waals surface area contributed by atoms with E-state index in [1.54, 1.807) is 13.0 Å². The van der Waals surface area contributed by atoms with E-state index in [9.17, 15) is 22.3 Å². The molecule has 0 spiro atoms. The van der Waals surface area contributed by atoms with E-state index in [1.807, 2.05) is 12.1 Å². The topological polar surface area (TPSA) is 105 Å². The molecule has 2 aliphatic rings. The van der Waals surface area contributed by atoms with Crippen LogP contribution in [0.4, 0.5) is 8.78 Å². The first-order valence-corrected chi connectivity index (χ1v) is 11.1. The molecule has 2 aromatic carbocycles. The molecule has 0 amide bonds. The van der Waals surface area contributed by atoms with Crippen molar-refractivity contribution in [2.75, 3.05) is 20.3 Å². The van der Waals surface area contributed by atoms with Gasteiger partial charge >= 0.3 is 0 Å². The fraction of sp³-hybridized carbons (Fsp3) is 0.381. The summed E-state index contributed by atoms with van der Waals surface area (Å²) in [5.74, 6) is -2.24. The van der Waals surface area contributed by atoms with Crippen LogP contribution in [-0.2, 0) is 16.6 Å². The third-order valence-electron chi connectivity index (χ3n) is 5.76. The number of nitrogens with zero attached hydrogens (tertiary/aromatic N) is 2. The number of aryl methyl sites for hydroxylation is 1. The van der Waals surface area contributed by atoms with E-state index in [4.69, 9.17) is 10.5 Å². The Hall–Kier alpha value is -2.56. The number of methoxy groups -OCH3 is 1. The maximum atomic E-state index is 13.8. The summed E-state index contributed by atoms with van der Waals surface area (Å²) in [5.41, 5.74) is 9.75. The van der Waals surface area contributed by atoms with Gasteiger partial charge in [0.05, 0.1) is 43.3 Å². The third kappa shape index (κ3) is 3.58. The molecule has 0 radical (unpaired) electrons. The molecule has 10 heteroatoms. The Labute approximate surface area is 179 Å². The average molecular weight is 451 g/mol. The molecule has 1 fully saturated rings. The second-order valence-electron chi connectivity index (χ2n) is 7.81. The Morgan fingerprint density at radius 2 is 2.00 bits per heavy atom. The minimum Gasteiger partial charge on any atom is -0.495 e. The number of ether oxygens (including phenoxy) is 1. The van der Waals surface area contributed by atoms with Crippen molar-refractivity contribution in [1.82, 2.24) is 4.31 Å². The number of aliphatic hydroxyl groups excluding tert-OH is 1. The Morgan fingerprint density at radius 1 is 1.29 bits per heavy atom. The molecule has 4 rings (SSSR count). The lowest BCUT2D eigenvalue weighted by Crippen LogP contribution is -2.38. The number of alkyl halides is 2. The molecular formula is C21H23F2N3O4S. The van der Waals surface area contributed by atoms with Crippen molar-refractivity contribution in [1.29, 1.82) is 0 Å². The van der Waals surface area contributed by atoms with E-state index in [-0.39, 0.29) is 4.90 Å². The molecule has 1 saturated heterocycles. The van der Waals surface area contributed by atoms with Gasteiger partial charge in [-0.1, -0.05) is 18.2 Å². The summed E-state index contributed by atoms with van der Waals surface area (Å²) in [7, 11) is -2.67. The number of nitrogens with two attached hydrogens (primary N) is 1. The van der Waals surface area contributed by atoms with Gasteiger partial charge in [0.2, 0.25) is 10.0 Å². The van der Waals surface area contributed by atoms with Crippen LogP contribution >= 0.6 is 0 Å². The Balaban J connectivity index is 1.75. The number of aliphatic imine (C=N–C) groups is 1. The highest BCUT2D eigenvalue weighted by molar-refractivity contribution is 7.89. The zero-order chi connectivity index (χ0) is 22.6. The molecule has 1 atom stereocenters. The number of benzene rings is 2. The van der Waals surface area contributed by atoms with E-state index in [2.05, 4.69) is 4.99 Å². The number of rotatable bonds is 5. The SMILES string of the molecule is COc1c(-c2ccc(S(=O)(=O)N3CC(F)(F)C[C@H]3CO)cc2C)ccc2c1C(N)=NC2. The van der Waals surface area contributed by atoms with E-state index in [0.717, 1.165) is 22.3 Å². The van der Waals surface area contributed by atoms with Gasteiger partial charge in [-0.15, -0.1) is 0 Å². The highest BCUT2D eigenvalue weighted by Gasteiger charge is 2.49. The molecule has 3 N–H and O–H groups in total. The molecule has 2 aromatic rings.